The molecule has 1 fully saturated rings. The maximum absolute atomic E-state index is 12.6. The highest BCUT2D eigenvalue weighted by atomic mass is 16.5. The van der Waals surface area contributed by atoms with Crippen LogP contribution in [0, 0.1) is 5.92 Å². The summed E-state index contributed by atoms with van der Waals surface area (Å²) < 4.78 is 5.44. The van der Waals surface area contributed by atoms with Crippen molar-refractivity contribution in [3.8, 4) is 5.75 Å². The molecule has 0 spiro atoms. The molecule has 2 aromatic carbocycles. The van der Waals surface area contributed by atoms with E-state index in [9.17, 15) is 14.4 Å². The average Bonchev–Trinajstić information content (AvgIpc) is 3.09. The molecule has 0 N–H and O–H groups in total. The van der Waals surface area contributed by atoms with Gasteiger partial charge in [0.1, 0.15) is 5.75 Å². The molecular formula is C23H25NO4. The van der Waals surface area contributed by atoms with Gasteiger partial charge in [-0.15, -0.1) is 0 Å². The second-order valence-electron chi connectivity index (χ2n) is 7.28. The van der Waals surface area contributed by atoms with Crippen molar-refractivity contribution >= 4 is 23.3 Å². The number of hydrogen-bond acceptors (Lipinski definition) is 4. The van der Waals surface area contributed by atoms with Crippen LogP contribution in [0.2, 0.25) is 0 Å². The number of carbonyl (C=O) groups is 3. The Labute approximate surface area is 165 Å². The third-order valence-electron chi connectivity index (χ3n) is 5.31. The Morgan fingerprint density at radius 3 is 2.46 bits per heavy atom. The topological polar surface area (TPSA) is 63.7 Å². The van der Waals surface area contributed by atoms with Gasteiger partial charge in [0.2, 0.25) is 5.91 Å². The van der Waals surface area contributed by atoms with E-state index in [1.54, 1.807) is 29.2 Å². The lowest BCUT2D eigenvalue weighted by Gasteiger charge is -2.23. The molecule has 1 aliphatic rings. The summed E-state index contributed by atoms with van der Waals surface area (Å²) >= 11 is 0. The van der Waals surface area contributed by atoms with Gasteiger partial charge < -0.3 is 9.64 Å². The number of esters is 1. The van der Waals surface area contributed by atoms with Crippen LogP contribution < -0.4 is 9.64 Å². The molecule has 28 heavy (non-hydrogen) atoms. The summed E-state index contributed by atoms with van der Waals surface area (Å²) in [6.07, 6.45) is 1.11. The van der Waals surface area contributed by atoms with Gasteiger partial charge in [0.05, 0.1) is 5.92 Å². The van der Waals surface area contributed by atoms with Crippen molar-refractivity contribution in [1.29, 1.82) is 0 Å². The molecule has 0 unspecified atom stereocenters. The largest absolute Gasteiger partial charge is 0.426 e. The molecule has 0 radical (unpaired) electrons. The second kappa shape index (κ2) is 8.38. The van der Waals surface area contributed by atoms with Gasteiger partial charge in [-0.25, -0.2) is 0 Å². The minimum atomic E-state index is -0.509. The Morgan fingerprint density at radius 1 is 1.14 bits per heavy atom. The molecule has 5 heteroatoms. The highest BCUT2D eigenvalue weighted by Gasteiger charge is 2.37. The van der Waals surface area contributed by atoms with Crippen molar-refractivity contribution in [2.24, 2.45) is 5.92 Å². The van der Waals surface area contributed by atoms with E-state index >= 15 is 0 Å². The van der Waals surface area contributed by atoms with E-state index in [4.69, 9.17) is 4.74 Å². The van der Waals surface area contributed by atoms with Crippen molar-refractivity contribution in [2.45, 2.75) is 39.5 Å². The number of para-hydroxylation sites is 1. The molecule has 1 amide bonds. The third kappa shape index (κ3) is 4.14. The third-order valence-corrected chi connectivity index (χ3v) is 5.31. The smallest absolute Gasteiger partial charge is 0.316 e. The number of carbonyl (C=O) groups excluding carboxylic acids is 3. The fourth-order valence-corrected chi connectivity index (χ4v) is 3.43. The van der Waals surface area contributed by atoms with Crippen LogP contribution in [0.1, 0.15) is 55.5 Å². The van der Waals surface area contributed by atoms with Gasteiger partial charge in [-0.05, 0) is 55.2 Å². The van der Waals surface area contributed by atoms with E-state index in [1.165, 1.54) is 6.92 Å². The number of rotatable bonds is 6. The lowest BCUT2D eigenvalue weighted by atomic mass is 9.96. The summed E-state index contributed by atoms with van der Waals surface area (Å²) in [6.45, 7) is 6.05. The number of ether oxygens (including phenoxy) is 1. The average molecular weight is 379 g/mol. The zero-order chi connectivity index (χ0) is 20.3. The normalized spacial score (nSPS) is 17.5. The second-order valence-corrected chi connectivity index (χ2v) is 7.28. The predicted octanol–water partition coefficient (Wildman–Crippen LogP) is 4.36. The number of anilines is 1. The minimum Gasteiger partial charge on any atom is -0.426 e. The Hall–Kier alpha value is -2.95. The monoisotopic (exact) mass is 379 g/mol. The molecule has 2 atom stereocenters. The lowest BCUT2D eigenvalue weighted by Crippen LogP contribution is -2.28. The van der Waals surface area contributed by atoms with Crippen LogP contribution in [-0.4, -0.2) is 24.2 Å². The molecule has 1 heterocycles. The molecular weight excluding hydrogens is 354 g/mol. The van der Waals surface area contributed by atoms with Crippen LogP contribution in [-0.2, 0) is 9.59 Å². The zero-order valence-electron chi connectivity index (χ0n) is 16.5. The summed E-state index contributed by atoms with van der Waals surface area (Å²) in [4.78, 5) is 38.2. The van der Waals surface area contributed by atoms with Crippen LogP contribution in [0.15, 0.2) is 48.5 Å². The van der Waals surface area contributed by atoms with E-state index in [1.807, 2.05) is 24.3 Å². The molecule has 0 aromatic heterocycles. The zero-order valence-corrected chi connectivity index (χ0v) is 16.5. The summed E-state index contributed by atoms with van der Waals surface area (Å²) in [6, 6.07) is 14.3. The van der Waals surface area contributed by atoms with Gasteiger partial charge in [-0.1, -0.05) is 32.0 Å². The van der Waals surface area contributed by atoms with Crippen LogP contribution in [0.4, 0.5) is 5.69 Å². The van der Waals surface area contributed by atoms with E-state index in [-0.39, 0.29) is 18.1 Å². The Balaban J connectivity index is 1.72. The molecule has 0 aliphatic carbocycles. The standard InChI is InChI=1S/C23H25NO4/c1-4-15(2)20-7-5-6-8-21(20)24-14-18(13-22(24)26)23(27)28-19-11-9-17(10-12-19)16(3)25/h5-12,15,18H,4,13-14H2,1-3H3/t15-,18-/m0/s1. The highest BCUT2D eigenvalue weighted by Crippen LogP contribution is 2.33. The fraction of sp³-hybridized carbons (Fsp3) is 0.348. The number of ketones is 1. The van der Waals surface area contributed by atoms with E-state index in [0.717, 1.165) is 17.7 Å². The first-order valence-corrected chi connectivity index (χ1v) is 9.62. The van der Waals surface area contributed by atoms with E-state index in [0.29, 0.717) is 23.8 Å². The van der Waals surface area contributed by atoms with Crippen molar-refractivity contribution in [1.82, 2.24) is 0 Å². The number of nitrogens with zero attached hydrogens (tertiary/aromatic N) is 1. The van der Waals surface area contributed by atoms with E-state index in [2.05, 4.69) is 13.8 Å². The first-order valence-electron chi connectivity index (χ1n) is 9.62. The maximum atomic E-state index is 12.6. The SMILES string of the molecule is CC[C@H](C)c1ccccc1N1C[C@@H](C(=O)Oc2ccc(C(C)=O)cc2)CC1=O. The number of amides is 1. The molecule has 0 saturated carbocycles. The Morgan fingerprint density at radius 2 is 1.82 bits per heavy atom. The highest BCUT2D eigenvalue weighted by molar-refractivity contribution is 6.00. The van der Waals surface area contributed by atoms with Crippen LogP contribution in [0.25, 0.3) is 0 Å². The van der Waals surface area contributed by atoms with Gasteiger partial charge in [0.15, 0.2) is 5.78 Å². The molecule has 1 saturated heterocycles. The number of Topliss-reactive ketones (excluding diaryl/α,β-unsaturated/α-hetero) is 1. The van der Waals surface area contributed by atoms with Gasteiger partial charge in [0.25, 0.3) is 0 Å². The van der Waals surface area contributed by atoms with Crippen molar-refractivity contribution in [2.75, 3.05) is 11.4 Å². The van der Waals surface area contributed by atoms with E-state index < -0.39 is 11.9 Å². The lowest BCUT2D eigenvalue weighted by molar-refractivity contribution is -0.139. The minimum absolute atomic E-state index is 0.0464. The van der Waals surface area contributed by atoms with Gasteiger partial charge in [-0.2, -0.15) is 0 Å². The first-order chi connectivity index (χ1) is 13.4. The Bertz CT molecular complexity index is 888. The summed E-state index contributed by atoms with van der Waals surface area (Å²) in [5, 5.41) is 0. The van der Waals surface area contributed by atoms with Crippen molar-refractivity contribution in [3.63, 3.8) is 0 Å². The fourth-order valence-electron chi connectivity index (χ4n) is 3.43. The summed E-state index contributed by atoms with van der Waals surface area (Å²) in [7, 11) is 0. The Kier molecular flexibility index (Phi) is 5.93. The molecule has 5 nitrogen and oxygen atoms in total. The summed E-state index contributed by atoms with van der Waals surface area (Å²) in [5.41, 5.74) is 2.55. The maximum Gasteiger partial charge on any atom is 0.316 e. The van der Waals surface area contributed by atoms with Crippen LogP contribution >= 0.6 is 0 Å². The first kappa shape index (κ1) is 19.8. The molecule has 2 aromatic rings. The van der Waals surface area contributed by atoms with Gasteiger partial charge >= 0.3 is 5.97 Å². The predicted molar refractivity (Wildman–Crippen MR) is 108 cm³/mol. The quantitative estimate of drug-likeness (QED) is 0.425. The summed E-state index contributed by atoms with van der Waals surface area (Å²) in [5.74, 6) is -0.340. The van der Waals surface area contributed by atoms with Crippen molar-refractivity contribution < 1.29 is 19.1 Å². The molecule has 3 rings (SSSR count). The van der Waals surface area contributed by atoms with Crippen molar-refractivity contribution in [3.05, 3.63) is 59.7 Å². The van der Waals surface area contributed by atoms with Crippen LogP contribution in [0.5, 0.6) is 5.75 Å². The van der Waals surface area contributed by atoms with Gasteiger partial charge in [-0.3, -0.25) is 14.4 Å². The van der Waals surface area contributed by atoms with Crippen LogP contribution in [0.3, 0.4) is 0 Å². The number of benzene rings is 2. The molecule has 1 aliphatic heterocycles. The molecule has 146 valence electrons. The van der Waals surface area contributed by atoms with Gasteiger partial charge in [0, 0.05) is 24.2 Å². The molecule has 0 bridgehead atoms. The number of hydrogen-bond donors (Lipinski definition) is 0.